The third kappa shape index (κ3) is 5.14. The van der Waals surface area contributed by atoms with Crippen LogP contribution >= 0.6 is 11.3 Å². The minimum absolute atomic E-state index is 0.0329. The molecule has 3 rings (SSSR count). The van der Waals surface area contributed by atoms with Crippen LogP contribution in [0.25, 0.3) is 0 Å². The van der Waals surface area contributed by atoms with Gasteiger partial charge in [-0.3, -0.25) is 4.79 Å². The number of hydrogen-bond donors (Lipinski definition) is 1. The lowest BCUT2D eigenvalue weighted by atomic mass is 10.3. The number of aromatic nitrogens is 4. The average molecular weight is 411 g/mol. The van der Waals surface area contributed by atoms with Crippen LogP contribution < -0.4 is 5.32 Å². The number of carbonyl (C=O) groups excluding carboxylic acids is 1. The van der Waals surface area contributed by atoms with Crippen molar-refractivity contribution in [2.75, 3.05) is 5.32 Å². The summed E-state index contributed by atoms with van der Waals surface area (Å²) < 4.78 is 42.4. The molecule has 0 aliphatic heterocycles. The summed E-state index contributed by atoms with van der Waals surface area (Å²) in [5, 5.41) is 14.9. The summed E-state index contributed by atoms with van der Waals surface area (Å²) in [6.45, 7) is 1.77. The van der Waals surface area contributed by atoms with Gasteiger partial charge in [0.15, 0.2) is 15.7 Å². The molecular formula is C15H14FN5O4S2. The Balaban J connectivity index is 1.56. The predicted molar refractivity (Wildman–Crippen MR) is 93.2 cm³/mol. The van der Waals surface area contributed by atoms with E-state index in [1.54, 1.807) is 6.92 Å². The quantitative estimate of drug-likeness (QED) is 0.584. The number of anilines is 1. The fraction of sp³-hybridized carbons (Fsp3) is 0.267. The topological polar surface area (TPSA) is 128 Å². The van der Waals surface area contributed by atoms with Crippen molar-refractivity contribution in [2.24, 2.45) is 0 Å². The summed E-state index contributed by atoms with van der Waals surface area (Å²) in [6.07, 6.45) is 0.207. The zero-order chi connectivity index (χ0) is 19.4. The summed E-state index contributed by atoms with van der Waals surface area (Å²) in [6, 6.07) is 4.47. The SMILES string of the molecule is Cc1nnc(NC(=O)CCc2nc(CS(=O)(=O)c3ccc(F)cc3)no2)s1. The molecule has 0 fully saturated rings. The van der Waals surface area contributed by atoms with E-state index in [1.807, 2.05) is 0 Å². The molecule has 1 N–H and O–H groups in total. The van der Waals surface area contributed by atoms with Crippen molar-refractivity contribution in [1.82, 2.24) is 20.3 Å². The van der Waals surface area contributed by atoms with Gasteiger partial charge in [-0.05, 0) is 31.2 Å². The molecule has 2 heterocycles. The van der Waals surface area contributed by atoms with Gasteiger partial charge in [-0.25, -0.2) is 12.8 Å². The second-order valence-corrected chi connectivity index (χ2v) is 8.66. The third-order valence-electron chi connectivity index (χ3n) is 3.34. The highest BCUT2D eigenvalue weighted by Gasteiger charge is 2.20. The number of carbonyl (C=O) groups is 1. The van der Waals surface area contributed by atoms with E-state index in [9.17, 15) is 17.6 Å². The molecule has 27 heavy (non-hydrogen) atoms. The van der Waals surface area contributed by atoms with Crippen LogP contribution in [-0.2, 0) is 26.8 Å². The van der Waals surface area contributed by atoms with Crippen LogP contribution in [0.2, 0.25) is 0 Å². The van der Waals surface area contributed by atoms with Crippen molar-refractivity contribution >= 4 is 32.2 Å². The Kier molecular flexibility index (Phi) is 5.56. The fourth-order valence-corrected chi connectivity index (χ4v) is 3.88. The molecule has 142 valence electrons. The standard InChI is InChI=1S/C15H14FN5O4S2/c1-9-19-20-15(26-9)18-13(22)6-7-14-17-12(21-25-14)8-27(23,24)11-4-2-10(16)3-5-11/h2-5H,6-8H2,1H3,(H,18,20,22). The van der Waals surface area contributed by atoms with Gasteiger partial charge in [0.25, 0.3) is 0 Å². The van der Waals surface area contributed by atoms with Crippen molar-refractivity contribution < 1.29 is 22.1 Å². The number of nitrogens with one attached hydrogen (secondary N) is 1. The van der Waals surface area contributed by atoms with E-state index < -0.39 is 21.4 Å². The number of halogens is 1. The van der Waals surface area contributed by atoms with Crippen LogP contribution in [0.1, 0.15) is 23.1 Å². The Bertz CT molecular complexity index is 1050. The van der Waals surface area contributed by atoms with E-state index in [4.69, 9.17) is 4.52 Å². The molecule has 0 aliphatic carbocycles. The molecule has 0 aliphatic rings. The van der Waals surface area contributed by atoms with Gasteiger partial charge in [0.05, 0.1) is 4.90 Å². The third-order valence-corrected chi connectivity index (χ3v) is 5.72. The van der Waals surface area contributed by atoms with E-state index in [2.05, 4.69) is 25.7 Å². The zero-order valence-electron chi connectivity index (χ0n) is 14.0. The van der Waals surface area contributed by atoms with Crippen molar-refractivity contribution in [3.63, 3.8) is 0 Å². The van der Waals surface area contributed by atoms with Gasteiger partial charge in [-0.15, -0.1) is 10.2 Å². The minimum Gasteiger partial charge on any atom is -0.339 e. The van der Waals surface area contributed by atoms with Gasteiger partial charge >= 0.3 is 0 Å². The normalized spacial score (nSPS) is 11.5. The first-order valence-electron chi connectivity index (χ1n) is 7.71. The van der Waals surface area contributed by atoms with Crippen LogP contribution in [0.3, 0.4) is 0 Å². The molecule has 12 heteroatoms. The summed E-state index contributed by atoms with van der Waals surface area (Å²) in [5.74, 6) is -1.21. The summed E-state index contributed by atoms with van der Waals surface area (Å²) in [4.78, 5) is 15.8. The molecule has 2 aromatic heterocycles. The Morgan fingerprint density at radius 2 is 2.00 bits per heavy atom. The fourth-order valence-electron chi connectivity index (χ4n) is 2.09. The second-order valence-electron chi connectivity index (χ2n) is 5.49. The van der Waals surface area contributed by atoms with Crippen LogP contribution in [-0.4, -0.2) is 34.7 Å². The maximum Gasteiger partial charge on any atom is 0.227 e. The molecular weight excluding hydrogens is 397 g/mol. The molecule has 0 saturated heterocycles. The first kappa shape index (κ1) is 19.0. The van der Waals surface area contributed by atoms with Gasteiger partial charge in [0.2, 0.25) is 16.9 Å². The molecule has 1 amide bonds. The highest BCUT2D eigenvalue weighted by atomic mass is 32.2. The van der Waals surface area contributed by atoms with Crippen LogP contribution in [0.15, 0.2) is 33.7 Å². The number of benzene rings is 1. The average Bonchev–Trinajstić information content (AvgIpc) is 3.22. The number of sulfone groups is 1. The molecule has 0 saturated carbocycles. The Morgan fingerprint density at radius 3 is 2.67 bits per heavy atom. The van der Waals surface area contributed by atoms with E-state index in [0.29, 0.717) is 5.13 Å². The maximum absolute atomic E-state index is 12.9. The lowest BCUT2D eigenvalue weighted by Gasteiger charge is -2.01. The highest BCUT2D eigenvalue weighted by Crippen LogP contribution is 2.16. The van der Waals surface area contributed by atoms with Crippen LogP contribution in [0.5, 0.6) is 0 Å². The van der Waals surface area contributed by atoms with Gasteiger partial charge in [-0.1, -0.05) is 16.5 Å². The number of rotatable bonds is 7. The van der Waals surface area contributed by atoms with Crippen molar-refractivity contribution in [1.29, 1.82) is 0 Å². The molecule has 0 radical (unpaired) electrons. The molecule has 0 spiro atoms. The highest BCUT2D eigenvalue weighted by molar-refractivity contribution is 7.90. The van der Waals surface area contributed by atoms with Crippen molar-refractivity contribution in [3.8, 4) is 0 Å². The van der Waals surface area contributed by atoms with Gasteiger partial charge in [-0.2, -0.15) is 4.98 Å². The molecule has 0 unspecified atom stereocenters. The Labute approximate surface area is 157 Å². The first-order chi connectivity index (χ1) is 12.8. The molecule has 0 atom stereocenters. The van der Waals surface area contributed by atoms with E-state index >= 15 is 0 Å². The summed E-state index contributed by atoms with van der Waals surface area (Å²) in [5.41, 5.74) is 0. The van der Waals surface area contributed by atoms with Crippen molar-refractivity contribution in [3.05, 3.63) is 46.8 Å². The van der Waals surface area contributed by atoms with Gasteiger partial charge in [0, 0.05) is 12.8 Å². The maximum atomic E-state index is 12.9. The van der Waals surface area contributed by atoms with E-state index in [1.165, 1.54) is 23.5 Å². The van der Waals surface area contributed by atoms with Gasteiger partial charge in [0.1, 0.15) is 16.6 Å². The second kappa shape index (κ2) is 7.88. The minimum atomic E-state index is -3.73. The smallest absolute Gasteiger partial charge is 0.227 e. The van der Waals surface area contributed by atoms with Crippen molar-refractivity contribution in [2.45, 2.75) is 30.4 Å². The lowest BCUT2D eigenvalue weighted by molar-refractivity contribution is -0.116. The van der Waals surface area contributed by atoms with Gasteiger partial charge < -0.3 is 9.84 Å². The number of hydrogen-bond acceptors (Lipinski definition) is 9. The zero-order valence-corrected chi connectivity index (χ0v) is 15.7. The predicted octanol–water partition coefficient (Wildman–Crippen LogP) is 1.91. The monoisotopic (exact) mass is 411 g/mol. The van der Waals surface area contributed by atoms with E-state index in [-0.39, 0.29) is 35.4 Å². The number of aryl methyl sites for hydroxylation is 2. The Hall–Kier alpha value is -2.73. The molecule has 1 aromatic carbocycles. The largest absolute Gasteiger partial charge is 0.339 e. The molecule has 9 nitrogen and oxygen atoms in total. The van der Waals surface area contributed by atoms with Crippen LogP contribution in [0.4, 0.5) is 9.52 Å². The number of amides is 1. The molecule has 3 aromatic rings. The van der Waals surface area contributed by atoms with E-state index in [0.717, 1.165) is 17.1 Å². The first-order valence-corrected chi connectivity index (χ1v) is 10.2. The number of nitrogens with zero attached hydrogens (tertiary/aromatic N) is 4. The Morgan fingerprint density at radius 1 is 1.26 bits per heavy atom. The van der Waals surface area contributed by atoms with Crippen LogP contribution in [0, 0.1) is 12.7 Å². The summed E-state index contributed by atoms with van der Waals surface area (Å²) in [7, 11) is -3.73. The summed E-state index contributed by atoms with van der Waals surface area (Å²) >= 11 is 1.25. The lowest BCUT2D eigenvalue weighted by Crippen LogP contribution is -2.12. The molecule has 0 bridgehead atoms.